The first-order chi connectivity index (χ1) is 14.5. The fourth-order valence-electron chi connectivity index (χ4n) is 4.04. The lowest BCUT2D eigenvalue weighted by Crippen LogP contribution is -2.30. The molecule has 0 aliphatic carbocycles. The number of nitrogens with zero attached hydrogens (tertiary/aromatic N) is 4. The standard InChI is InChI=1S/C22H20ClN5O2/c1-13-2-4-15(5-3-13)18-12-17(14-6-8-16(23)9-7-14)24-21-25-22(26-28(18)21)27-19(29)10-11-20(27)30/h2-9,17-18H,10-12H2,1H3,(H,24,25,26)/t17-,18+/m1/s1. The largest absolute Gasteiger partial charge is 0.347 e. The van der Waals surface area contributed by atoms with E-state index in [1.54, 1.807) is 4.68 Å². The third-order valence-electron chi connectivity index (χ3n) is 5.66. The highest BCUT2D eigenvalue weighted by Gasteiger charge is 2.37. The molecule has 5 rings (SSSR count). The number of amides is 2. The van der Waals surface area contributed by atoms with Gasteiger partial charge in [-0.3, -0.25) is 9.59 Å². The van der Waals surface area contributed by atoms with E-state index in [0.717, 1.165) is 22.4 Å². The molecule has 0 bridgehead atoms. The van der Waals surface area contributed by atoms with E-state index in [-0.39, 0.29) is 42.7 Å². The molecule has 2 atom stereocenters. The molecule has 7 nitrogen and oxygen atoms in total. The Kier molecular flexibility index (Phi) is 4.55. The topological polar surface area (TPSA) is 80.1 Å². The van der Waals surface area contributed by atoms with Gasteiger partial charge < -0.3 is 5.32 Å². The number of rotatable bonds is 3. The maximum Gasteiger partial charge on any atom is 0.260 e. The van der Waals surface area contributed by atoms with Crippen molar-refractivity contribution in [3.63, 3.8) is 0 Å². The molecule has 0 saturated carbocycles. The van der Waals surface area contributed by atoms with E-state index in [1.165, 1.54) is 5.56 Å². The van der Waals surface area contributed by atoms with Gasteiger partial charge in [0.25, 0.3) is 5.95 Å². The van der Waals surface area contributed by atoms with Crippen LogP contribution in [0.4, 0.5) is 11.9 Å². The van der Waals surface area contributed by atoms with Gasteiger partial charge in [0, 0.05) is 17.9 Å². The minimum absolute atomic E-state index is 0.0110. The van der Waals surface area contributed by atoms with Gasteiger partial charge in [-0.15, -0.1) is 5.10 Å². The first-order valence-electron chi connectivity index (χ1n) is 9.90. The molecule has 2 amide bonds. The Morgan fingerprint density at radius 1 is 0.967 bits per heavy atom. The van der Waals surface area contributed by atoms with Crippen LogP contribution in [0.1, 0.15) is 48.0 Å². The van der Waals surface area contributed by atoms with Crippen molar-refractivity contribution < 1.29 is 9.59 Å². The van der Waals surface area contributed by atoms with Gasteiger partial charge >= 0.3 is 0 Å². The monoisotopic (exact) mass is 421 g/mol. The first-order valence-corrected chi connectivity index (χ1v) is 10.3. The maximum atomic E-state index is 12.2. The summed E-state index contributed by atoms with van der Waals surface area (Å²) >= 11 is 6.06. The lowest BCUT2D eigenvalue weighted by atomic mass is 9.93. The SMILES string of the molecule is Cc1ccc([C@@H]2C[C@H](c3ccc(Cl)cc3)Nc3nc(N4C(=O)CCC4=O)nn32)cc1. The highest BCUT2D eigenvalue weighted by molar-refractivity contribution is 6.30. The fraction of sp³-hybridized carbons (Fsp3) is 0.273. The number of halogens is 1. The Balaban J connectivity index is 1.57. The number of nitrogens with one attached hydrogen (secondary N) is 1. The van der Waals surface area contributed by atoms with Gasteiger partial charge in [0.1, 0.15) is 0 Å². The van der Waals surface area contributed by atoms with Gasteiger partial charge in [-0.05, 0) is 36.6 Å². The number of benzene rings is 2. The van der Waals surface area contributed by atoms with Crippen molar-refractivity contribution in [2.24, 2.45) is 0 Å². The molecular weight excluding hydrogens is 402 g/mol. The molecule has 2 aromatic carbocycles. The second-order valence-electron chi connectivity index (χ2n) is 7.71. The average molecular weight is 422 g/mol. The van der Waals surface area contributed by atoms with Crippen LogP contribution in [0, 0.1) is 6.92 Å². The zero-order valence-corrected chi connectivity index (χ0v) is 17.1. The van der Waals surface area contributed by atoms with E-state index in [0.29, 0.717) is 11.0 Å². The Morgan fingerprint density at radius 2 is 1.60 bits per heavy atom. The van der Waals surface area contributed by atoms with E-state index in [1.807, 2.05) is 31.2 Å². The van der Waals surface area contributed by atoms with Crippen molar-refractivity contribution in [1.82, 2.24) is 14.8 Å². The lowest BCUT2D eigenvalue weighted by molar-refractivity contribution is -0.121. The summed E-state index contributed by atoms with van der Waals surface area (Å²) in [4.78, 5) is 30.0. The molecule has 1 aromatic heterocycles. The predicted molar refractivity (Wildman–Crippen MR) is 113 cm³/mol. The number of carbonyl (C=O) groups is 2. The highest BCUT2D eigenvalue weighted by atomic mass is 35.5. The quantitative estimate of drug-likeness (QED) is 0.645. The van der Waals surface area contributed by atoms with Crippen LogP contribution in [0.5, 0.6) is 0 Å². The minimum atomic E-state index is -0.260. The molecule has 2 aliphatic heterocycles. The van der Waals surface area contributed by atoms with Crippen LogP contribution in [0.25, 0.3) is 0 Å². The molecule has 1 fully saturated rings. The van der Waals surface area contributed by atoms with E-state index >= 15 is 0 Å². The minimum Gasteiger partial charge on any atom is -0.347 e. The van der Waals surface area contributed by atoms with Gasteiger partial charge in [-0.25, -0.2) is 9.58 Å². The van der Waals surface area contributed by atoms with Gasteiger partial charge in [-0.2, -0.15) is 4.98 Å². The second-order valence-corrected chi connectivity index (χ2v) is 8.15. The average Bonchev–Trinajstić information content (AvgIpc) is 3.30. The van der Waals surface area contributed by atoms with Crippen LogP contribution in [0.3, 0.4) is 0 Å². The molecule has 30 heavy (non-hydrogen) atoms. The number of hydrogen-bond acceptors (Lipinski definition) is 5. The summed E-state index contributed by atoms with van der Waals surface area (Å²) in [5.74, 6) is 0.154. The summed E-state index contributed by atoms with van der Waals surface area (Å²) in [5.41, 5.74) is 3.35. The number of aromatic nitrogens is 3. The second kappa shape index (κ2) is 7.25. The Bertz CT molecular complexity index is 1110. The van der Waals surface area contributed by atoms with Crippen molar-refractivity contribution in [3.05, 3.63) is 70.2 Å². The van der Waals surface area contributed by atoms with Gasteiger partial charge in [0.15, 0.2) is 0 Å². The molecule has 0 spiro atoms. The smallest absolute Gasteiger partial charge is 0.260 e. The number of imide groups is 1. The molecule has 3 heterocycles. The van der Waals surface area contributed by atoms with E-state index in [2.05, 4.69) is 39.7 Å². The number of carbonyl (C=O) groups excluding carboxylic acids is 2. The number of hydrogen-bond donors (Lipinski definition) is 1. The number of aryl methyl sites for hydroxylation is 1. The summed E-state index contributed by atoms with van der Waals surface area (Å²) in [6.45, 7) is 2.05. The maximum absolute atomic E-state index is 12.2. The molecule has 8 heteroatoms. The summed E-state index contributed by atoms with van der Waals surface area (Å²) < 4.78 is 1.78. The zero-order chi connectivity index (χ0) is 20.8. The predicted octanol–water partition coefficient (Wildman–Crippen LogP) is 4.04. The summed E-state index contributed by atoms with van der Waals surface area (Å²) in [5, 5.41) is 8.66. The highest BCUT2D eigenvalue weighted by Crippen LogP contribution is 2.39. The first kappa shape index (κ1) is 18.8. The van der Waals surface area contributed by atoms with E-state index in [4.69, 9.17) is 11.6 Å². The van der Waals surface area contributed by atoms with Crippen LogP contribution >= 0.6 is 11.6 Å². The summed E-state index contributed by atoms with van der Waals surface area (Å²) in [6, 6.07) is 15.9. The lowest BCUT2D eigenvalue weighted by Gasteiger charge is -2.31. The van der Waals surface area contributed by atoms with Crippen molar-refractivity contribution in [1.29, 1.82) is 0 Å². The third kappa shape index (κ3) is 3.25. The fourth-order valence-corrected chi connectivity index (χ4v) is 4.17. The van der Waals surface area contributed by atoms with Crippen LogP contribution < -0.4 is 10.2 Å². The summed E-state index contributed by atoms with van der Waals surface area (Å²) in [6.07, 6.45) is 1.14. The van der Waals surface area contributed by atoms with Crippen molar-refractivity contribution in [3.8, 4) is 0 Å². The van der Waals surface area contributed by atoms with Crippen molar-refractivity contribution in [2.45, 2.75) is 38.3 Å². The van der Waals surface area contributed by atoms with E-state index < -0.39 is 0 Å². The van der Waals surface area contributed by atoms with E-state index in [9.17, 15) is 9.59 Å². The normalized spacial score (nSPS) is 20.9. The van der Waals surface area contributed by atoms with Gasteiger partial charge in [0.05, 0.1) is 12.1 Å². The zero-order valence-electron chi connectivity index (χ0n) is 16.4. The molecular formula is C22H20ClN5O2. The number of anilines is 2. The van der Waals surface area contributed by atoms with Crippen LogP contribution in [-0.2, 0) is 9.59 Å². The van der Waals surface area contributed by atoms with Gasteiger partial charge in [-0.1, -0.05) is 53.6 Å². The van der Waals surface area contributed by atoms with Gasteiger partial charge in [0.2, 0.25) is 17.8 Å². The Morgan fingerprint density at radius 3 is 2.27 bits per heavy atom. The van der Waals surface area contributed by atoms with Crippen LogP contribution in [-0.4, -0.2) is 26.6 Å². The number of fused-ring (bicyclic) bond motifs is 1. The Hall–Kier alpha value is -3.19. The molecule has 152 valence electrons. The Labute approximate surface area is 178 Å². The van der Waals surface area contributed by atoms with Crippen molar-refractivity contribution >= 4 is 35.3 Å². The molecule has 1 saturated heterocycles. The van der Waals surface area contributed by atoms with Crippen LogP contribution in [0.15, 0.2) is 48.5 Å². The van der Waals surface area contributed by atoms with Crippen LogP contribution in [0.2, 0.25) is 5.02 Å². The molecule has 3 aromatic rings. The van der Waals surface area contributed by atoms with Crippen molar-refractivity contribution in [2.75, 3.05) is 10.2 Å². The molecule has 2 aliphatic rings. The molecule has 0 unspecified atom stereocenters. The third-order valence-corrected chi connectivity index (χ3v) is 5.92. The summed E-state index contributed by atoms with van der Waals surface area (Å²) in [7, 11) is 0. The molecule has 1 N–H and O–H groups in total. The molecule has 0 radical (unpaired) electrons.